The summed E-state index contributed by atoms with van der Waals surface area (Å²) in [5, 5.41) is 0. The maximum atomic E-state index is 8.74. The van der Waals surface area contributed by atoms with E-state index in [1.807, 2.05) is 0 Å². The Balaban J connectivity index is -0.000000105. The van der Waals surface area contributed by atoms with Gasteiger partial charge in [-0.25, -0.2) is 0 Å². The molecule has 0 radical (unpaired) electrons. The Labute approximate surface area is 75.2 Å². The molecule has 0 aromatic rings. The van der Waals surface area contributed by atoms with Gasteiger partial charge in [0.25, 0.3) is 0 Å². The molecule has 0 unspecified atom stereocenters. The molecule has 0 fully saturated rings. The highest BCUT2D eigenvalue weighted by Crippen LogP contribution is 1.81. The molecule has 0 aliphatic rings. The highest BCUT2D eigenvalue weighted by molar-refractivity contribution is 7.79. The third-order valence-corrected chi connectivity index (χ3v) is 0. The first-order valence-corrected chi connectivity index (χ1v) is 4.83. The molecule has 0 saturated carbocycles. The average Bonchev–Trinajstić information content (AvgIpc) is 1.56. The minimum atomic E-state index is -4.67. The molecule has 0 heterocycles. The van der Waals surface area contributed by atoms with Crippen LogP contribution in [0.1, 0.15) is 20.8 Å². The van der Waals surface area contributed by atoms with Gasteiger partial charge in [-0.1, -0.05) is 20.8 Å². The fourth-order valence-corrected chi connectivity index (χ4v) is 0. The van der Waals surface area contributed by atoms with Gasteiger partial charge in [0.1, 0.15) is 0 Å². The van der Waals surface area contributed by atoms with Gasteiger partial charge in [-0.15, -0.1) is 0 Å². The third-order valence-electron chi connectivity index (χ3n) is 0. The monoisotopic (exact) mass is 220 g/mol. The lowest BCUT2D eigenvalue weighted by Gasteiger charge is -1.79. The molecule has 0 aromatic carbocycles. The van der Waals surface area contributed by atoms with Gasteiger partial charge >= 0.3 is 22.0 Å². The van der Waals surface area contributed by atoms with E-state index in [-0.39, 0.29) is 0 Å². The second-order valence-electron chi connectivity index (χ2n) is 2.25. The molecule has 0 atom stereocenters. The Kier molecular flexibility index (Phi) is 15.8. The van der Waals surface area contributed by atoms with Crippen molar-refractivity contribution in [3.63, 3.8) is 0 Å². The fraction of sp³-hybridized carbons (Fsp3) is 1.00. The van der Waals surface area contributed by atoms with Crippen LogP contribution >= 0.6 is 0 Å². The minimum absolute atomic E-state index is 0.750. The lowest BCUT2D eigenvalue weighted by molar-refractivity contribution is 0.381. The first kappa shape index (κ1) is 17.7. The molecular weight excluding hydrogens is 208 g/mol. The summed E-state index contributed by atoms with van der Waals surface area (Å²) in [6.45, 7) is 6.50. The van der Waals surface area contributed by atoms with Crippen molar-refractivity contribution in [2.24, 2.45) is 5.92 Å². The lowest BCUT2D eigenvalue weighted by Crippen LogP contribution is -1.89. The van der Waals surface area contributed by atoms with Crippen molar-refractivity contribution in [2.45, 2.75) is 20.8 Å². The van der Waals surface area contributed by atoms with Crippen molar-refractivity contribution in [3.05, 3.63) is 0 Å². The van der Waals surface area contributed by atoms with Crippen LogP contribution < -0.4 is 0 Å². The summed E-state index contributed by atoms with van der Waals surface area (Å²) in [7, 11) is -4.67. The molecule has 0 spiro atoms. The summed E-state index contributed by atoms with van der Waals surface area (Å²) in [4.78, 5) is 0. The Hall–Kier alpha value is -0.310. The average molecular weight is 220 g/mol. The van der Waals surface area contributed by atoms with Gasteiger partial charge in [0.15, 0.2) is 0 Å². The van der Waals surface area contributed by atoms with Crippen molar-refractivity contribution in [2.75, 3.05) is 0 Å². The molecular formula is C4H12O6S2. The van der Waals surface area contributed by atoms with Crippen LogP contribution in [0.25, 0.3) is 0 Å². The summed E-state index contributed by atoms with van der Waals surface area (Å²) in [6, 6.07) is 0. The third kappa shape index (κ3) is 7610. The molecule has 0 aliphatic heterocycles. The van der Waals surface area contributed by atoms with Crippen LogP contribution in [-0.2, 0) is 22.0 Å². The summed E-state index contributed by atoms with van der Waals surface area (Å²) >= 11 is -0.750. The van der Waals surface area contributed by atoms with Crippen molar-refractivity contribution in [1.29, 1.82) is 0 Å². The Morgan fingerprint density at radius 1 is 1.08 bits per heavy atom. The Bertz CT molecular complexity index is 189. The van der Waals surface area contributed by atoms with E-state index in [1.165, 1.54) is 0 Å². The lowest BCUT2D eigenvalue weighted by atomic mass is 10.3. The van der Waals surface area contributed by atoms with Crippen LogP contribution in [0.5, 0.6) is 0 Å². The Morgan fingerprint density at radius 2 is 1.08 bits per heavy atom. The zero-order valence-corrected chi connectivity index (χ0v) is 8.55. The van der Waals surface area contributed by atoms with Crippen LogP contribution in [0.3, 0.4) is 0 Å². The van der Waals surface area contributed by atoms with Crippen LogP contribution in [0.4, 0.5) is 0 Å². The normalized spacial score (nSPS) is 8.83. The van der Waals surface area contributed by atoms with Crippen LogP contribution in [0, 0.1) is 5.92 Å². The predicted molar refractivity (Wildman–Crippen MR) is 43.6 cm³/mol. The summed E-state index contributed by atoms with van der Waals surface area (Å²) < 4.78 is 48.2. The molecule has 12 heavy (non-hydrogen) atoms. The van der Waals surface area contributed by atoms with Gasteiger partial charge in [-0.05, 0) is 5.92 Å². The Morgan fingerprint density at radius 3 is 1.08 bits per heavy atom. The molecule has 6 nitrogen and oxygen atoms in total. The standard InChI is InChI=1S/C4H10.H2O4S.O2S/c1-4(2)3;1-5(2,3)4;1-3-2/h4H,1-3H3;(H2,1,2,3,4);. The quantitative estimate of drug-likeness (QED) is 0.570. The second-order valence-corrected chi connectivity index (χ2v) is 3.28. The van der Waals surface area contributed by atoms with Gasteiger partial charge in [0, 0.05) is 0 Å². The van der Waals surface area contributed by atoms with E-state index in [4.69, 9.17) is 25.9 Å². The van der Waals surface area contributed by atoms with Crippen LogP contribution in [0.2, 0.25) is 0 Å². The fourth-order valence-electron chi connectivity index (χ4n) is 0. The van der Waals surface area contributed by atoms with E-state index in [2.05, 4.69) is 20.8 Å². The number of hydrogen-bond acceptors (Lipinski definition) is 4. The zero-order chi connectivity index (χ0) is 10.8. The minimum Gasteiger partial charge on any atom is -0.264 e. The smallest absolute Gasteiger partial charge is 0.264 e. The highest BCUT2D eigenvalue weighted by Gasteiger charge is 1.84. The van der Waals surface area contributed by atoms with Crippen molar-refractivity contribution in [1.82, 2.24) is 0 Å². The predicted octanol–water partition coefficient (Wildman–Crippen LogP) is 0.339. The number of hydrogen-bond donors (Lipinski definition) is 2. The van der Waals surface area contributed by atoms with Gasteiger partial charge < -0.3 is 0 Å². The molecule has 0 aromatic heterocycles. The summed E-state index contributed by atoms with van der Waals surface area (Å²) in [6.07, 6.45) is 0. The first-order valence-electron chi connectivity index (χ1n) is 2.76. The summed E-state index contributed by atoms with van der Waals surface area (Å²) in [5.74, 6) is 0.833. The second kappa shape index (κ2) is 10.7. The van der Waals surface area contributed by atoms with E-state index in [0.29, 0.717) is 0 Å². The summed E-state index contributed by atoms with van der Waals surface area (Å²) in [5.41, 5.74) is 0. The molecule has 8 heteroatoms. The van der Waals surface area contributed by atoms with Gasteiger partial charge in [0.05, 0.1) is 0 Å². The topological polar surface area (TPSA) is 109 Å². The van der Waals surface area contributed by atoms with Crippen molar-refractivity contribution >= 4 is 22.0 Å². The largest absolute Gasteiger partial charge is 0.394 e. The molecule has 76 valence electrons. The van der Waals surface area contributed by atoms with Crippen LogP contribution in [0.15, 0.2) is 0 Å². The van der Waals surface area contributed by atoms with Crippen LogP contribution in [-0.4, -0.2) is 25.9 Å². The van der Waals surface area contributed by atoms with Crippen molar-refractivity contribution in [3.8, 4) is 0 Å². The first-order chi connectivity index (χ1) is 5.15. The van der Waals surface area contributed by atoms with E-state index in [0.717, 1.165) is 5.92 Å². The molecule has 0 amide bonds. The van der Waals surface area contributed by atoms with E-state index in [1.54, 1.807) is 0 Å². The molecule has 0 saturated heterocycles. The molecule has 0 bridgehead atoms. The molecule has 0 rings (SSSR count). The van der Waals surface area contributed by atoms with E-state index in [9.17, 15) is 0 Å². The zero-order valence-electron chi connectivity index (χ0n) is 6.92. The molecule has 2 N–H and O–H groups in total. The molecule has 0 aliphatic carbocycles. The maximum Gasteiger partial charge on any atom is 0.394 e. The van der Waals surface area contributed by atoms with Gasteiger partial charge in [-0.3, -0.25) is 9.11 Å². The maximum absolute atomic E-state index is 8.74. The SMILES string of the molecule is CC(C)C.O=S(=O)(O)O.O=S=O. The number of rotatable bonds is 0. The van der Waals surface area contributed by atoms with Crippen molar-refractivity contribution < 1.29 is 25.9 Å². The van der Waals surface area contributed by atoms with Gasteiger partial charge in [-0.2, -0.15) is 16.8 Å². The van der Waals surface area contributed by atoms with Gasteiger partial charge in [0.2, 0.25) is 0 Å². The highest BCUT2D eigenvalue weighted by atomic mass is 32.3. The van der Waals surface area contributed by atoms with E-state index < -0.39 is 22.0 Å². The van der Waals surface area contributed by atoms with E-state index >= 15 is 0 Å².